The first-order chi connectivity index (χ1) is 13.1. The molecule has 0 spiro atoms. The van der Waals surface area contributed by atoms with E-state index in [0.717, 1.165) is 22.2 Å². The highest BCUT2D eigenvalue weighted by molar-refractivity contribution is 6.04. The van der Waals surface area contributed by atoms with Crippen LogP contribution in [0, 0.1) is 0 Å². The van der Waals surface area contributed by atoms with E-state index in [1.807, 2.05) is 30.3 Å². The van der Waals surface area contributed by atoms with Crippen LogP contribution in [0.15, 0.2) is 58.7 Å². The minimum Gasteiger partial charge on any atom is -0.497 e. The van der Waals surface area contributed by atoms with Gasteiger partial charge in [-0.2, -0.15) is 9.78 Å². The summed E-state index contributed by atoms with van der Waals surface area (Å²) in [4.78, 5) is 20.3. The van der Waals surface area contributed by atoms with Gasteiger partial charge in [0.1, 0.15) is 23.1 Å². The average molecular weight is 360 g/mol. The highest BCUT2D eigenvalue weighted by Crippen LogP contribution is 2.25. The summed E-state index contributed by atoms with van der Waals surface area (Å²) in [7, 11) is 1.61. The summed E-state index contributed by atoms with van der Waals surface area (Å²) < 4.78 is 6.50. The maximum atomic E-state index is 12.8. The molecule has 6 heteroatoms. The van der Waals surface area contributed by atoms with Crippen LogP contribution in [-0.2, 0) is 0 Å². The standard InChI is InChI=1S/C21H20N4O2/c1-13(2)15-6-4-14(5-7-15)11-23-25-12-22-19-17-10-16(27-3)8-9-18(17)24-20(19)21(25)26/h4-13,24H,1-3H3. The number of H-pyrrole nitrogens is 1. The Kier molecular flexibility index (Phi) is 4.24. The fourth-order valence-corrected chi connectivity index (χ4v) is 3.03. The second kappa shape index (κ2) is 6.72. The van der Waals surface area contributed by atoms with E-state index in [1.165, 1.54) is 16.6 Å². The average Bonchev–Trinajstić information content (AvgIpc) is 3.06. The van der Waals surface area contributed by atoms with Crippen molar-refractivity contribution in [3.63, 3.8) is 0 Å². The molecule has 0 unspecified atom stereocenters. The van der Waals surface area contributed by atoms with E-state index >= 15 is 0 Å². The number of rotatable bonds is 4. The lowest BCUT2D eigenvalue weighted by molar-refractivity contribution is 0.415. The van der Waals surface area contributed by atoms with E-state index in [4.69, 9.17) is 4.74 Å². The van der Waals surface area contributed by atoms with Crippen molar-refractivity contribution >= 4 is 28.2 Å². The van der Waals surface area contributed by atoms with Gasteiger partial charge < -0.3 is 9.72 Å². The predicted molar refractivity (Wildman–Crippen MR) is 108 cm³/mol. The molecule has 1 N–H and O–H groups in total. The lowest BCUT2D eigenvalue weighted by Gasteiger charge is -2.04. The van der Waals surface area contributed by atoms with Gasteiger partial charge in [-0.3, -0.25) is 4.79 Å². The number of hydrogen-bond donors (Lipinski definition) is 1. The molecule has 0 amide bonds. The molecule has 0 saturated carbocycles. The Labute approximate surface area is 156 Å². The maximum absolute atomic E-state index is 12.8. The van der Waals surface area contributed by atoms with E-state index in [9.17, 15) is 4.79 Å². The lowest BCUT2D eigenvalue weighted by atomic mass is 10.0. The topological polar surface area (TPSA) is 72.3 Å². The first-order valence-electron chi connectivity index (χ1n) is 8.78. The molecule has 2 aromatic carbocycles. The summed E-state index contributed by atoms with van der Waals surface area (Å²) in [5.41, 5.74) is 3.81. The third-order valence-corrected chi connectivity index (χ3v) is 4.63. The van der Waals surface area contributed by atoms with Crippen LogP contribution in [0.4, 0.5) is 0 Å². The molecular weight excluding hydrogens is 340 g/mol. The molecule has 4 aromatic rings. The van der Waals surface area contributed by atoms with Crippen molar-refractivity contribution in [1.82, 2.24) is 14.6 Å². The summed E-state index contributed by atoms with van der Waals surface area (Å²) >= 11 is 0. The Bertz CT molecular complexity index is 1200. The molecule has 0 aliphatic rings. The number of fused-ring (bicyclic) bond motifs is 3. The highest BCUT2D eigenvalue weighted by Gasteiger charge is 2.11. The third kappa shape index (κ3) is 3.10. The van der Waals surface area contributed by atoms with Crippen LogP contribution in [0.25, 0.3) is 21.9 Å². The summed E-state index contributed by atoms with van der Waals surface area (Å²) in [6, 6.07) is 13.7. The van der Waals surface area contributed by atoms with Crippen molar-refractivity contribution in [2.75, 3.05) is 7.11 Å². The molecule has 0 fully saturated rings. The van der Waals surface area contributed by atoms with Gasteiger partial charge in [0.15, 0.2) is 0 Å². The second-order valence-electron chi connectivity index (χ2n) is 6.72. The Morgan fingerprint density at radius 1 is 1.19 bits per heavy atom. The number of aromatic nitrogens is 3. The number of nitrogens with one attached hydrogen (secondary N) is 1. The first kappa shape index (κ1) is 17.0. The van der Waals surface area contributed by atoms with Crippen LogP contribution < -0.4 is 10.3 Å². The highest BCUT2D eigenvalue weighted by atomic mass is 16.5. The first-order valence-corrected chi connectivity index (χ1v) is 8.78. The Morgan fingerprint density at radius 2 is 1.96 bits per heavy atom. The fourth-order valence-electron chi connectivity index (χ4n) is 3.03. The second-order valence-corrected chi connectivity index (χ2v) is 6.72. The normalized spacial score (nSPS) is 11.9. The molecule has 0 aliphatic heterocycles. The lowest BCUT2D eigenvalue weighted by Crippen LogP contribution is -2.17. The van der Waals surface area contributed by atoms with Crippen molar-refractivity contribution in [1.29, 1.82) is 0 Å². The predicted octanol–water partition coefficient (Wildman–Crippen LogP) is 3.89. The molecule has 136 valence electrons. The van der Waals surface area contributed by atoms with E-state index < -0.39 is 0 Å². The van der Waals surface area contributed by atoms with Gasteiger partial charge in [0, 0.05) is 10.9 Å². The van der Waals surface area contributed by atoms with Crippen LogP contribution in [0.5, 0.6) is 5.75 Å². The summed E-state index contributed by atoms with van der Waals surface area (Å²) in [5.74, 6) is 1.20. The number of aromatic amines is 1. The molecule has 2 aromatic heterocycles. The van der Waals surface area contributed by atoms with Crippen molar-refractivity contribution in [3.05, 3.63) is 70.3 Å². The third-order valence-electron chi connectivity index (χ3n) is 4.63. The number of hydrogen-bond acceptors (Lipinski definition) is 4. The largest absolute Gasteiger partial charge is 0.497 e. The summed E-state index contributed by atoms with van der Waals surface area (Å²) in [6.45, 7) is 4.30. The van der Waals surface area contributed by atoms with E-state index in [2.05, 4.69) is 41.0 Å². The van der Waals surface area contributed by atoms with Gasteiger partial charge in [0.2, 0.25) is 0 Å². The minimum absolute atomic E-state index is 0.245. The SMILES string of the molecule is COc1ccc2[nH]c3c(=O)n(N=Cc4ccc(C(C)C)cc4)cnc3c2c1. The Hall–Kier alpha value is -3.41. The molecule has 0 saturated heterocycles. The van der Waals surface area contributed by atoms with Gasteiger partial charge in [-0.05, 0) is 35.2 Å². The smallest absolute Gasteiger partial charge is 0.298 e. The van der Waals surface area contributed by atoms with E-state index in [0.29, 0.717) is 17.0 Å². The van der Waals surface area contributed by atoms with Gasteiger partial charge in [0.05, 0.1) is 13.3 Å². The number of nitrogens with zero attached hydrogens (tertiary/aromatic N) is 3. The molecular formula is C21H20N4O2. The Balaban J connectivity index is 1.73. The Morgan fingerprint density at radius 3 is 2.67 bits per heavy atom. The summed E-state index contributed by atoms with van der Waals surface area (Å²) in [5, 5.41) is 5.13. The van der Waals surface area contributed by atoms with Crippen LogP contribution in [0.1, 0.15) is 30.9 Å². The minimum atomic E-state index is -0.245. The molecule has 0 atom stereocenters. The van der Waals surface area contributed by atoms with Gasteiger partial charge in [0.25, 0.3) is 5.56 Å². The van der Waals surface area contributed by atoms with Gasteiger partial charge in [-0.1, -0.05) is 38.1 Å². The van der Waals surface area contributed by atoms with E-state index in [-0.39, 0.29) is 5.56 Å². The number of ether oxygens (including phenoxy) is 1. The van der Waals surface area contributed by atoms with Crippen LogP contribution in [0.2, 0.25) is 0 Å². The monoisotopic (exact) mass is 360 g/mol. The zero-order chi connectivity index (χ0) is 19.0. The quantitative estimate of drug-likeness (QED) is 0.561. The van der Waals surface area contributed by atoms with Crippen molar-refractivity contribution in [2.24, 2.45) is 5.10 Å². The molecule has 0 aliphatic carbocycles. The van der Waals surface area contributed by atoms with Crippen LogP contribution in [-0.4, -0.2) is 28.0 Å². The van der Waals surface area contributed by atoms with Gasteiger partial charge in [-0.15, -0.1) is 0 Å². The number of benzene rings is 2. The maximum Gasteiger partial charge on any atom is 0.298 e. The van der Waals surface area contributed by atoms with Crippen LogP contribution >= 0.6 is 0 Å². The molecule has 27 heavy (non-hydrogen) atoms. The van der Waals surface area contributed by atoms with Crippen LogP contribution in [0.3, 0.4) is 0 Å². The van der Waals surface area contributed by atoms with Crippen molar-refractivity contribution < 1.29 is 4.74 Å². The van der Waals surface area contributed by atoms with E-state index in [1.54, 1.807) is 13.3 Å². The van der Waals surface area contributed by atoms with Crippen molar-refractivity contribution in [3.8, 4) is 5.75 Å². The number of methoxy groups -OCH3 is 1. The zero-order valence-corrected chi connectivity index (χ0v) is 15.4. The summed E-state index contributed by atoms with van der Waals surface area (Å²) in [6.07, 6.45) is 3.10. The fraction of sp³-hybridized carbons (Fsp3) is 0.190. The molecule has 2 heterocycles. The van der Waals surface area contributed by atoms with Gasteiger partial charge >= 0.3 is 0 Å². The van der Waals surface area contributed by atoms with Gasteiger partial charge in [-0.25, -0.2) is 4.98 Å². The zero-order valence-electron chi connectivity index (χ0n) is 15.4. The molecule has 4 rings (SSSR count). The molecule has 6 nitrogen and oxygen atoms in total. The van der Waals surface area contributed by atoms with Crippen molar-refractivity contribution in [2.45, 2.75) is 19.8 Å². The molecule has 0 radical (unpaired) electrons. The molecule has 0 bridgehead atoms.